The Hall–Kier alpha value is -3.01. The molecule has 0 radical (unpaired) electrons. The molecule has 0 saturated heterocycles. The molecule has 9 nitrogen and oxygen atoms in total. The van der Waals surface area contributed by atoms with Crippen molar-refractivity contribution < 1.29 is 23.1 Å². The summed E-state index contributed by atoms with van der Waals surface area (Å²) < 4.78 is 26.9. The standard InChI is InChI=1S/C17H20N4O5S/c1-5-12-10(3)18-16(19-11(12)4)20-17(24)21-27(25,26)14-9(2)7-6-8-13(14)15(22)23/h6-8H,5H2,1-4H3,(H,22,23)(H2,18,19,20,21,24). The molecule has 10 heteroatoms. The van der Waals surface area contributed by atoms with E-state index in [2.05, 4.69) is 15.3 Å². The Morgan fingerprint density at radius 1 is 1.11 bits per heavy atom. The highest BCUT2D eigenvalue weighted by Gasteiger charge is 2.26. The molecule has 0 aliphatic rings. The molecule has 2 rings (SSSR count). The molecule has 1 heterocycles. The van der Waals surface area contributed by atoms with E-state index < -0.39 is 32.5 Å². The molecule has 1 aromatic carbocycles. The van der Waals surface area contributed by atoms with Crippen molar-refractivity contribution in [1.82, 2.24) is 14.7 Å². The number of carbonyl (C=O) groups is 2. The van der Waals surface area contributed by atoms with Crippen LogP contribution in [0.25, 0.3) is 0 Å². The van der Waals surface area contributed by atoms with Gasteiger partial charge in [-0.3, -0.25) is 5.32 Å². The van der Waals surface area contributed by atoms with Crippen molar-refractivity contribution in [3.8, 4) is 0 Å². The van der Waals surface area contributed by atoms with Gasteiger partial charge in [-0.2, -0.15) is 0 Å². The highest BCUT2D eigenvalue weighted by Crippen LogP contribution is 2.20. The largest absolute Gasteiger partial charge is 0.478 e. The third kappa shape index (κ3) is 4.40. The van der Waals surface area contributed by atoms with Gasteiger partial charge in [-0.1, -0.05) is 19.1 Å². The summed E-state index contributed by atoms with van der Waals surface area (Å²) in [5.74, 6) is -1.46. The van der Waals surface area contributed by atoms with Gasteiger partial charge in [-0.05, 0) is 44.4 Å². The van der Waals surface area contributed by atoms with E-state index >= 15 is 0 Å². The fraction of sp³-hybridized carbons (Fsp3) is 0.294. The van der Waals surface area contributed by atoms with Crippen LogP contribution in [-0.2, 0) is 16.4 Å². The summed E-state index contributed by atoms with van der Waals surface area (Å²) in [4.78, 5) is 31.3. The van der Waals surface area contributed by atoms with Crippen LogP contribution in [0, 0.1) is 20.8 Å². The number of anilines is 1. The highest BCUT2D eigenvalue weighted by molar-refractivity contribution is 7.90. The van der Waals surface area contributed by atoms with Crippen LogP contribution in [0.1, 0.15) is 39.8 Å². The number of hydrogen-bond donors (Lipinski definition) is 3. The van der Waals surface area contributed by atoms with Crippen LogP contribution in [0.3, 0.4) is 0 Å². The summed E-state index contributed by atoms with van der Waals surface area (Å²) in [6.45, 7) is 6.92. The number of sulfonamides is 1. The molecule has 0 atom stereocenters. The number of carboxylic acids is 1. The Labute approximate surface area is 156 Å². The molecule has 0 fully saturated rings. The first-order valence-electron chi connectivity index (χ1n) is 8.07. The molecular formula is C17H20N4O5S. The zero-order valence-corrected chi connectivity index (χ0v) is 16.1. The summed E-state index contributed by atoms with van der Waals surface area (Å²) in [6, 6.07) is 2.93. The number of carbonyl (C=O) groups excluding carboxylic acids is 1. The van der Waals surface area contributed by atoms with Gasteiger partial charge < -0.3 is 5.11 Å². The molecule has 2 aromatic rings. The van der Waals surface area contributed by atoms with E-state index in [-0.39, 0.29) is 11.5 Å². The Kier molecular flexibility index (Phi) is 5.79. The first-order chi connectivity index (χ1) is 12.6. The van der Waals surface area contributed by atoms with Gasteiger partial charge in [0.15, 0.2) is 0 Å². The van der Waals surface area contributed by atoms with E-state index in [1.165, 1.54) is 19.1 Å². The van der Waals surface area contributed by atoms with E-state index in [9.17, 15) is 23.1 Å². The van der Waals surface area contributed by atoms with Crippen molar-refractivity contribution in [2.75, 3.05) is 5.32 Å². The van der Waals surface area contributed by atoms with Crippen molar-refractivity contribution in [2.24, 2.45) is 0 Å². The molecule has 0 unspecified atom stereocenters. The van der Waals surface area contributed by atoms with Crippen molar-refractivity contribution in [2.45, 2.75) is 39.0 Å². The van der Waals surface area contributed by atoms with Crippen molar-refractivity contribution in [3.63, 3.8) is 0 Å². The summed E-state index contributed by atoms with van der Waals surface area (Å²) in [7, 11) is -4.42. The van der Waals surface area contributed by atoms with E-state index in [1.54, 1.807) is 18.6 Å². The number of nitrogens with one attached hydrogen (secondary N) is 2. The number of carboxylic acid groups (broad SMARTS) is 1. The minimum absolute atomic E-state index is 0.0434. The first-order valence-corrected chi connectivity index (χ1v) is 9.56. The summed E-state index contributed by atoms with van der Waals surface area (Å²) in [5.41, 5.74) is 2.07. The molecule has 3 N–H and O–H groups in total. The van der Waals surface area contributed by atoms with Crippen molar-refractivity contribution >= 4 is 28.0 Å². The molecule has 0 bridgehead atoms. The topological polar surface area (TPSA) is 138 Å². The lowest BCUT2D eigenvalue weighted by Crippen LogP contribution is -2.36. The fourth-order valence-electron chi connectivity index (χ4n) is 2.78. The molecule has 0 saturated carbocycles. The van der Waals surface area contributed by atoms with Gasteiger partial charge in [-0.15, -0.1) is 0 Å². The number of nitrogens with zero attached hydrogens (tertiary/aromatic N) is 2. The van der Waals surface area contributed by atoms with Gasteiger partial charge in [0.2, 0.25) is 5.95 Å². The lowest BCUT2D eigenvalue weighted by atomic mass is 10.1. The lowest BCUT2D eigenvalue weighted by molar-refractivity contribution is 0.0692. The van der Waals surface area contributed by atoms with E-state index in [0.29, 0.717) is 11.4 Å². The molecule has 0 aliphatic carbocycles. The average molecular weight is 392 g/mol. The van der Waals surface area contributed by atoms with Crippen LogP contribution in [0.4, 0.5) is 10.7 Å². The fourth-order valence-corrected chi connectivity index (χ4v) is 4.12. The van der Waals surface area contributed by atoms with Crippen LogP contribution in [0.5, 0.6) is 0 Å². The van der Waals surface area contributed by atoms with Crippen LogP contribution in [0.2, 0.25) is 0 Å². The maximum atomic E-state index is 12.5. The smallest absolute Gasteiger partial charge is 0.337 e. The summed E-state index contributed by atoms with van der Waals surface area (Å²) in [5, 5.41) is 11.5. The number of rotatable bonds is 5. The van der Waals surface area contributed by atoms with Gasteiger partial charge in [0.25, 0.3) is 10.0 Å². The van der Waals surface area contributed by atoms with E-state index in [1.807, 2.05) is 6.92 Å². The SMILES string of the molecule is CCc1c(C)nc(NC(=O)NS(=O)(=O)c2c(C)cccc2C(=O)O)nc1C. The predicted octanol–water partition coefficient (Wildman–Crippen LogP) is 2.17. The lowest BCUT2D eigenvalue weighted by Gasteiger charge is -2.13. The number of hydrogen-bond acceptors (Lipinski definition) is 6. The van der Waals surface area contributed by atoms with Crippen LogP contribution < -0.4 is 10.0 Å². The Balaban J connectivity index is 2.30. The maximum Gasteiger partial charge on any atom is 0.337 e. The second kappa shape index (κ2) is 7.70. The molecule has 0 spiro atoms. The number of aromatic carboxylic acids is 1. The molecule has 2 amide bonds. The number of amides is 2. The van der Waals surface area contributed by atoms with Crippen molar-refractivity contribution in [1.29, 1.82) is 0 Å². The Bertz CT molecular complexity index is 995. The molecule has 27 heavy (non-hydrogen) atoms. The molecule has 1 aromatic heterocycles. The van der Waals surface area contributed by atoms with E-state index in [0.717, 1.165) is 18.1 Å². The van der Waals surface area contributed by atoms with Gasteiger partial charge in [0.05, 0.1) is 5.56 Å². The number of aryl methyl sites for hydroxylation is 3. The first kappa shape index (κ1) is 20.3. The Morgan fingerprint density at radius 3 is 2.22 bits per heavy atom. The third-order valence-electron chi connectivity index (χ3n) is 3.94. The second-order valence-electron chi connectivity index (χ2n) is 5.87. The normalized spacial score (nSPS) is 11.1. The zero-order chi connectivity index (χ0) is 20.4. The number of benzene rings is 1. The minimum atomic E-state index is -4.42. The van der Waals surface area contributed by atoms with Gasteiger partial charge in [0.1, 0.15) is 4.90 Å². The summed E-state index contributed by atoms with van der Waals surface area (Å²) >= 11 is 0. The Morgan fingerprint density at radius 2 is 1.70 bits per heavy atom. The maximum absolute atomic E-state index is 12.5. The molecule has 0 aliphatic heterocycles. The van der Waals surface area contributed by atoms with Gasteiger partial charge in [-0.25, -0.2) is 32.7 Å². The minimum Gasteiger partial charge on any atom is -0.478 e. The molecule has 144 valence electrons. The highest BCUT2D eigenvalue weighted by atomic mass is 32.2. The quantitative estimate of drug-likeness (QED) is 0.709. The molecular weight excluding hydrogens is 372 g/mol. The number of urea groups is 1. The van der Waals surface area contributed by atoms with Crippen LogP contribution in [0.15, 0.2) is 23.1 Å². The van der Waals surface area contributed by atoms with Crippen molar-refractivity contribution in [3.05, 3.63) is 46.3 Å². The average Bonchev–Trinajstić information content (AvgIpc) is 2.53. The second-order valence-corrected chi connectivity index (χ2v) is 7.49. The van der Waals surface area contributed by atoms with Crippen LogP contribution >= 0.6 is 0 Å². The zero-order valence-electron chi connectivity index (χ0n) is 15.3. The van der Waals surface area contributed by atoms with E-state index in [4.69, 9.17) is 0 Å². The number of aromatic nitrogens is 2. The summed E-state index contributed by atoms with van der Waals surface area (Å²) in [6.07, 6.45) is 0.726. The van der Waals surface area contributed by atoms with Crippen LogP contribution in [-0.4, -0.2) is 35.5 Å². The monoisotopic (exact) mass is 392 g/mol. The predicted molar refractivity (Wildman–Crippen MR) is 98.4 cm³/mol. The van der Waals surface area contributed by atoms with Gasteiger partial charge >= 0.3 is 12.0 Å². The van der Waals surface area contributed by atoms with Gasteiger partial charge in [0, 0.05) is 11.4 Å². The third-order valence-corrected chi connectivity index (χ3v) is 5.47.